The molecule has 0 spiro atoms. The van der Waals surface area contributed by atoms with Crippen molar-refractivity contribution in [1.82, 2.24) is 5.43 Å². The molecule has 4 atom stereocenters. The number of fused-ring (bicyclic) bond motifs is 3. The van der Waals surface area contributed by atoms with Crippen LogP contribution in [0.2, 0.25) is 0 Å². The molecule has 1 aliphatic carbocycles. The average molecular weight is 510 g/mol. The highest BCUT2D eigenvalue weighted by Crippen LogP contribution is 2.50. The summed E-state index contributed by atoms with van der Waals surface area (Å²) in [4.78, 5) is 24.6. The zero-order valence-electron chi connectivity index (χ0n) is 21.7. The van der Waals surface area contributed by atoms with Gasteiger partial charge in [0.1, 0.15) is 0 Å². The Kier molecular flexibility index (Phi) is 7.38. The molecule has 1 unspecified atom stereocenters. The van der Waals surface area contributed by atoms with E-state index >= 15 is 0 Å². The number of hydrogen-bond acceptors (Lipinski definition) is 6. The molecule has 1 aliphatic heterocycles. The molecule has 0 aromatic heterocycles. The van der Waals surface area contributed by atoms with E-state index < -0.39 is 6.10 Å². The maximum atomic E-state index is 12.8. The van der Waals surface area contributed by atoms with Crippen LogP contribution in [-0.2, 0) is 14.3 Å². The Labute approximate surface area is 222 Å². The van der Waals surface area contributed by atoms with Crippen LogP contribution in [-0.4, -0.2) is 31.8 Å². The highest BCUT2D eigenvalue weighted by atomic mass is 16.5. The van der Waals surface area contributed by atoms with Gasteiger partial charge in [-0.25, -0.2) is 10.2 Å². The highest BCUT2D eigenvalue weighted by molar-refractivity contribution is 6.00. The Morgan fingerprint density at radius 1 is 1.00 bits per heavy atom. The lowest BCUT2D eigenvalue weighted by Gasteiger charge is -2.37. The first-order chi connectivity index (χ1) is 18.5. The van der Waals surface area contributed by atoms with Gasteiger partial charge in [-0.1, -0.05) is 60.7 Å². The number of hydrogen-bond donors (Lipinski definition) is 2. The summed E-state index contributed by atoms with van der Waals surface area (Å²) in [6.07, 6.45) is 4.75. The van der Waals surface area contributed by atoms with Gasteiger partial charge in [0.05, 0.1) is 24.4 Å². The molecule has 0 fully saturated rings. The summed E-state index contributed by atoms with van der Waals surface area (Å²) >= 11 is 0. The largest absolute Gasteiger partial charge is 0.465 e. The van der Waals surface area contributed by atoms with Crippen LogP contribution < -0.4 is 10.7 Å². The van der Waals surface area contributed by atoms with Crippen molar-refractivity contribution in [3.63, 3.8) is 0 Å². The smallest absolute Gasteiger partial charge is 0.337 e. The second kappa shape index (κ2) is 11.0. The fourth-order valence-corrected chi connectivity index (χ4v) is 5.38. The summed E-state index contributed by atoms with van der Waals surface area (Å²) in [7, 11) is 2.90. The third kappa shape index (κ3) is 4.97. The van der Waals surface area contributed by atoms with Crippen LogP contribution in [0.15, 0.2) is 90.0 Å². The molecule has 194 valence electrons. The van der Waals surface area contributed by atoms with Crippen LogP contribution in [0.4, 0.5) is 5.69 Å². The fourth-order valence-electron chi connectivity index (χ4n) is 5.38. The second-order valence-corrected chi connectivity index (χ2v) is 9.59. The molecule has 5 rings (SSSR count). The number of rotatable bonds is 7. The number of methoxy groups -OCH3 is 2. The average Bonchev–Trinajstić information content (AvgIpc) is 3.46. The maximum absolute atomic E-state index is 12.8. The lowest BCUT2D eigenvalue weighted by Crippen LogP contribution is -2.29. The number of anilines is 1. The number of ether oxygens (including phenoxy) is 2. The zero-order valence-corrected chi connectivity index (χ0v) is 21.7. The lowest BCUT2D eigenvalue weighted by molar-refractivity contribution is -0.131. The number of benzene rings is 3. The molecule has 2 aliphatic rings. The van der Waals surface area contributed by atoms with E-state index in [-0.39, 0.29) is 23.8 Å². The van der Waals surface area contributed by atoms with Gasteiger partial charge in [0, 0.05) is 18.7 Å². The van der Waals surface area contributed by atoms with Crippen LogP contribution >= 0.6 is 0 Å². The van der Waals surface area contributed by atoms with Crippen molar-refractivity contribution < 1.29 is 19.1 Å². The van der Waals surface area contributed by atoms with Crippen molar-refractivity contribution >= 4 is 23.3 Å². The van der Waals surface area contributed by atoms with E-state index in [0.717, 1.165) is 28.8 Å². The first kappa shape index (κ1) is 25.4. The zero-order chi connectivity index (χ0) is 26.6. The molecule has 1 heterocycles. The summed E-state index contributed by atoms with van der Waals surface area (Å²) in [5.41, 5.74) is 9.05. The van der Waals surface area contributed by atoms with E-state index in [4.69, 9.17) is 9.47 Å². The Bertz CT molecular complexity index is 1380. The SMILES string of the molecule is COC(=O)c1ccc([C@@H]2Nc3ccc(C(C)=NNC(=O)C(OC)c4ccccc4)cc3[C@@H]3C=CC[C@@H]32)cc1. The third-order valence-corrected chi connectivity index (χ3v) is 7.38. The lowest BCUT2D eigenvalue weighted by atomic mass is 9.76. The number of hydrazone groups is 1. The first-order valence-electron chi connectivity index (χ1n) is 12.7. The summed E-state index contributed by atoms with van der Waals surface area (Å²) in [6.45, 7) is 1.89. The van der Waals surface area contributed by atoms with Gasteiger partial charge in [-0.05, 0) is 65.8 Å². The Morgan fingerprint density at radius 3 is 2.45 bits per heavy atom. The minimum atomic E-state index is -0.733. The minimum Gasteiger partial charge on any atom is -0.465 e. The van der Waals surface area contributed by atoms with Gasteiger partial charge in [-0.3, -0.25) is 4.79 Å². The van der Waals surface area contributed by atoms with Gasteiger partial charge in [0.25, 0.3) is 5.91 Å². The molecule has 3 aromatic carbocycles. The minimum absolute atomic E-state index is 0.123. The van der Waals surface area contributed by atoms with E-state index in [9.17, 15) is 9.59 Å². The second-order valence-electron chi connectivity index (χ2n) is 9.59. The number of nitrogens with zero attached hydrogens (tertiary/aromatic N) is 1. The Morgan fingerprint density at radius 2 is 1.74 bits per heavy atom. The normalized spacial score (nSPS) is 20.6. The molecule has 38 heavy (non-hydrogen) atoms. The highest BCUT2D eigenvalue weighted by Gasteiger charge is 2.38. The Hall–Kier alpha value is -4.23. The van der Waals surface area contributed by atoms with Gasteiger partial charge in [0.2, 0.25) is 0 Å². The van der Waals surface area contributed by atoms with E-state index in [1.807, 2.05) is 67.6 Å². The quantitative estimate of drug-likeness (QED) is 0.189. The number of carbonyl (C=O) groups is 2. The van der Waals surface area contributed by atoms with Crippen molar-refractivity contribution in [3.05, 3.63) is 113 Å². The summed E-state index contributed by atoms with van der Waals surface area (Å²) in [6, 6.07) is 23.4. The van der Waals surface area contributed by atoms with Crippen molar-refractivity contribution in [2.75, 3.05) is 19.5 Å². The molecular formula is C31H31N3O4. The van der Waals surface area contributed by atoms with Crippen molar-refractivity contribution in [2.24, 2.45) is 11.0 Å². The van der Waals surface area contributed by atoms with E-state index in [0.29, 0.717) is 17.2 Å². The van der Waals surface area contributed by atoms with Crippen LogP contribution in [0.5, 0.6) is 0 Å². The third-order valence-electron chi connectivity index (χ3n) is 7.38. The van der Waals surface area contributed by atoms with Crippen molar-refractivity contribution in [1.29, 1.82) is 0 Å². The van der Waals surface area contributed by atoms with E-state index in [1.54, 1.807) is 0 Å². The number of amides is 1. The van der Waals surface area contributed by atoms with Crippen molar-refractivity contribution in [2.45, 2.75) is 31.4 Å². The Balaban J connectivity index is 1.35. The number of allylic oxidation sites excluding steroid dienone is 2. The predicted octanol–water partition coefficient (Wildman–Crippen LogP) is 5.53. The molecule has 3 aromatic rings. The molecule has 7 heteroatoms. The monoisotopic (exact) mass is 509 g/mol. The van der Waals surface area contributed by atoms with Gasteiger partial charge in [0.15, 0.2) is 6.10 Å². The molecule has 0 saturated heterocycles. The van der Waals surface area contributed by atoms with Gasteiger partial charge in [-0.15, -0.1) is 0 Å². The summed E-state index contributed by atoms with van der Waals surface area (Å²) in [5, 5.41) is 8.10. The van der Waals surface area contributed by atoms with Gasteiger partial charge in [-0.2, -0.15) is 5.10 Å². The number of nitrogens with one attached hydrogen (secondary N) is 2. The van der Waals surface area contributed by atoms with E-state index in [2.05, 4.69) is 40.1 Å². The maximum Gasteiger partial charge on any atom is 0.337 e. The summed E-state index contributed by atoms with van der Waals surface area (Å²) in [5.74, 6) is -0.0446. The van der Waals surface area contributed by atoms with Crippen LogP contribution in [0.3, 0.4) is 0 Å². The molecule has 7 nitrogen and oxygen atoms in total. The molecular weight excluding hydrogens is 478 g/mol. The standard InChI is InChI=1S/C31H31N3O4/c1-19(33-34-30(35)29(37-2)21-8-5-4-6-9-21)23-16-17-27-26(18-23)24-10-7-11-25(24)28(32-27)20-12-14-22(15-13-20)31(36)38-3/h4-10,12-18,24-25,28-29,32H,11H2,1-3H3,(H,34,35)/t24-,25+,28+,29?/m1/s1. The fraction of sp³-hybridized carbons (Fsp3) is 0.258. The molecule has 2 N–H and O–H groups in total. The number of esters is 1. The molecule has 1 amide bonds. The topological polar surface area (TPSA) is 89.0 Å². The van der Waals surface area contributed by atoms with Gasteiger partial charge >= 0.3 is 5.97 Å². The van der Waals surface area contributed by atoms with Crippen LogP contribution in [0.1, 0.15) is 64.0 Å². The predicted molar refractivity (Wildman–Crippen MR) is 147 cm³/mol. The van der Waals surface area contributed by atoms with Crippen LogP contribution in [0.25, 0.3) is 0 Å². The van der Waals surface area contributed by atoms with Crippen molar-refractivity contribution in [3.8, 4) is 0 Å². The molecule has 0 bridgehead atoms. The van der Waals surface area contributed by atoms with Crippen LogP contribution in [0, 0.1) is 5.92 Å². The first-order valence-corrected chi connectivity index (χ1v) is 12.7. The van der Waals surface area contributed by atoms with E-state index in [1.165, 1.54) is 19.8 Å². The molecule has 0 saturated carbocycles. The summed E-state index contributed by atoms with van der Waals surface area (Å²) < 4.78 is 10.2. The number of carbonyl (C=O) groups excluding carboxylic acids is 2. The molecule has 0 radical (unpaired) electrons. The van der Waals surface area contributed by atoms with Gasteiger partial charge < -0.3 is 14.8 Å².